The van der Waals surface area contributed by atoms with Crippen LogP contribution in [0.25, 0.3) is 0 Å². The number of halogens is 10. The summed E-state index contributed by atoms with van der Waals surface area (Å²) < 4.78 is 141. The summed E-state index contributed by atoms with van der Waals surface area (Å²) in [7, 11) is -7.22. The van der Waals surface area contributed by atoms with Crippen LogP contribution in [0.2, 0.25) is 0 Å². The molecule has 0 aromatic heterocycles. The molecular weight excluding hydrogens is 946 g/mol. The number of unbranched alkanes of at least 4 members (excludes halogenated alkanes) is 10. The van der Waals surface area contributed by atoms with Gasteiger partial charge in [-0.2, -0.15) is 43.5 Å². The molecule has 0 aliphatic heterocycles. The van der Waals surface area contributed by atoms with Gasteiger partial charge in [-0.25, -0.2) is 4.79 Å². The zero-order chi connectivity index (χ0) is 39.4. The van der Waals surface area contributed by atoms with Crippen LogP contribution in [0.1, 0.15) is 90.9 Å². The van der Waals surface area contributed by atoms with Gasteiger partial charge in [-0.1, -0.05) is 78.1 Å². The molecule has 0 saturated heterocycles. The Hall–Kier alpha value is -1.68. The Labute approximate surface area is 321 Å². The highest BCUT2D eigenvalue weighted by Crippen LogP contribution is 2.54. The molecule has 0 unspecified atom stereocenters. The third-order valence-electron chi connectivity index (χ3n) is 6.91. The number of hydrogen-bond acceptors (Lipinski definition) is 5. The quantitative estimate of drug-likeness (QED) is 0.0555. The maximum atomic E-state index is 12.5. The van der Waals surface area contributed by atoms with Crippen molar-refractivity contribution >= 4 is 61.3 Å². The largest absolute Gasteiger partial charge is 0.494 e. The first kappa shape index (κ1) is 49.3. The smallest absolute Gasteiger partial charge is 0.438 e. The number of carbonyl (C=O) groups is 1. The molecule has 0 aliphatic carbocycles. The van der Waals surface area contributed by atoms with E-state index in [1.165, 1.54) is 84.2 Å². The van der Waals surface area contributed by atoms with Crippen LogP contribution in [-0.4, -0.2) is 60.3 Å². The van der Waals surface area contributed by atoms with Gasteiger partial charge in [0.2, 0.25) is 0 Å². The fourth-order valence-electron chi connectivity index (χ4n) is 3.88. The summed E-state index contributed by atoms with van der Waals surface area (Å²) in [6, 6.07) is 16.5. The Kier molecular flexibility index (Phi) is 23.1. The van der Waals surface area contributed by atoms with E-state index in [0.29, 0.717) is 0 Å². The highest BCUT2D eigenvalue weighted by Gasteiger charge is 2.86. The molecule has 51 heavy (non-hydrogen) atoms. The zero-order valence-electron chi connectivity index (χ0n) is 28.1. The summed E-state index contributed by atoms with van der Waals surface area (Å²) in [5.41, 5.74) is 0. The number of benzene rings is 2. The van der Waals surface area contributed by atoms with Crippen LogP contribution in [-0.2, 0) is 14.9 Å². The Morgan fingerprint density at radius 3 is 1.22 bits per heavy atom. The van der Waals surface area contributed by atoms with Gasteiger partial charge in [0.25, 0.3) is 0 Å². The Balaban J connectivity index is 0.000000738. The van der Waals surface area contributed by atoms with E-state index in [1.54, 1.807) is 0 Å². The van der Waals surface area contributed by atoms with E-state index in [4.69, 9.17) is 19.1 Å². The van der Waals surface area contributed by atoms with Gasteiger partial charge in [-0.05, 0) is 107 Å². The van der Waals surface area contributed by atoms with Crippen molar-refractivity contribution in [1.82, 2.24) is 0 Å². The van der Waals surface area contributed by atoms with Gasteiger partial charge in [-0.15, -0.1) is 0 Å². The summed E-state index contributed by atoms with van der Waals surface area (Å²) in [6.45, 7) is 6.21. The number of carboxylic acids is 1. The number of carboxylic acid groups (broad SMARTS) is 1. The van der Waals surface area contributed by atoms with Gasteiger partial charge in [0.15, 0.2) is 0 Å². The highest BCUT2D eigenvalue weighted by atomic mass is 127. The van der Waals surface area contributed by atoms with Crippen molar-refractivity contribution in [3.63, 3.8) is 0 Å². The molecule has 0 saturated carbocycles. The van der Waals surface area contributed by atoms with Crippen molar-refractivity contribution in [2.24, 2.45) is 0 Å². The van der Waals surface area contributed by atoms with E-state index in [1.807, 2.05) is 24.3 Å². The first-order chi connectivity index (χ1) is 23.6. The second-order valence-corrected chi connectivity index (χ2v) is 15.1. The Morgan fingerprint density at radius 2 is 0.922 bits per heavy atom. The van der Waals surface area contributed by atoms with E-state index < -0.39 is 39.1 Å². The summed E-state index contributed by atoms with van der Waals surface area (Å²) >= 11 is 4.61. The van der Waals surface area contributed by atoms with E-state index >= 15 is 0 Å². The minimum atomic E-state index is -7.39. The lowest BCUT2D eigenvalue weighted by molar-refractivity contribution is -0.341. The summed E-state index contributed by atoms with van der Waals surface area (Å²) in [6.07, 6.45) is 15.8. The molecule has 0 atom stereocenters. The first-order valence-corrected chi connectivity index (χ1v) is 19.7. The van der Waals surface area contributed by atoms with E-state index in [0.717, 1.165) is 24.7 Å². The predicted molar refractivity (Wildman–Crippen MR) is 195 cm³/mol. The second-order valence-electron chi connectivity index (χ2n) is 11.2. The fraction of sp³-hybridized carbons (Fsp3) is 0.606. The molecule has 2 aromatic rings. The van der Waals surface area contributed by atoms with Crippen LogP contribution in [0.3, 0.4) is 0 Å². The van der Waals surface area contributed by atoms with Crippen LogP contribution >= 0.6 is 45.2 Å². The van der Waals surface area contributed by atoms with Crippen LogP contribution in [0.5, 0.6) is 11.5 Å². The highest BCUT2D eigenvalue weighted by molar-refractivity contribution is 14.1. The van der Waals surface area contributed by atoms with Crippen LogP contribution in [0.15, 0.2) is 48.5 Å². The van der Waals surface area contributed by atoms with Crippen LogP contribution in [0, 0.1) is 7.14 Å². The minimum absolute atomic E-state index is 0.854. The molecular formula is C33H44F8I2O7S. The lowest BCUT2D eigenvalue weighted by Crippen LogP contribution is -2.66. The van der Waals surface area contributed by atoms with E-state index in [9.17, 15) is 48.3 Å². The van der Waals surface area contributed by atoms with Crippen molar-refractivity contribution in [3.8, 4) is 11.5 Å². The monoisotopic (exact) mass is 990 g/mol. The lowest BCUT2D eigenvalue weighted by atomic mass is 10.1. The van der Waals surface area contributed by atoms with Gasteiger partial charge in [0.1, 0.15) is 11.5 Å². The van der Waals surface area contributed by atoms with Crippen molar-refractivity contribution in [2.45, 2.75) is 114 Å². The topological polar surface area (TPSA) is 110 Å². The van der Waals surface area contributed by atoms with E-state index in [-0.39, 0.29) is 0 Å². The number of ether oxygens (including phenoxy) is 2. The number of hydrogen-bond donors (Lipinski definition) is 2. The van der Waals surface area contributed by atoms with Gasteiger partial charge < -0.3 is 14.6 Å². The normalized spacial score (nSPS) is 12.3. The average molecular weight is 991 g/mol. The SMILES string of the molecule is CCCCCCCCOc1ccc(I)cc1.CCCCCCCCOc1ccc(I)cc1.O=C(O)C(F)(F)C(F)(F)C(F)(F)C(F)(F)S(=O)(=O)O. The molecule has 294 valence electrons. The summed E-state index contributed by atoms with van der Waals surface area (Å²) in [4.78, 5) is 9.67. The van der Waals surface area contributed by atoms with Crippen molar-refractivity contribution < 1.29 is 67.5 Å². The third-order valence-corrected chi connectivity index (χ3v) is 9.25. The third kappa shape index (κ3) is 16.9. The van der Waals surface area contributed by atoms with Crippen molar-refractivity contribution in [2.75, 3.05) is 13.2 Å². The van der Waals surface area contributed by atoms with Gasteiger partial charge in [-0.3, -0.25) is 4.55 Å². The average Bonchev–Trinajstić information content (AvgIpc) is 3.05. The fourth-order valence-corrected chi connectivity index (χ4v) is 5.05. The molecule has 2 aromatic carbocycles. The molecule has 0 aliphatic rings. The predicted octanol–water partition coefficient (Wildman–Crippen LogP) is 11.5. The Morgan fingerprint density at radius 1 is 0.608 bits per heavy atom. The minimum Gasteiger partial charge on any atom is -0.494 e. The molecule has 0 spiro atoms. The molecule has 0 heterocycles. The van der Waals surface area contributed by atoms with Crippen LogP contribution < -0.4 is 9.47 Å². The van der Waals surface area contributed by atoms with E-state index in [2.05, 4.69) is 83.3 Å². The summed E-state index contributed by atoms with van der Waals surface area (Å²) in [5, 5.41) is 0.549. The van der Waals surface area contributed by atoms with Crippen molar-refractivity contribution in [1.29, 1.82) is 0 Å². The molecule has 2 N–H and O–H groups in total. The number of aliphatic carboxylic acids is 1. The number of rotatable bonds is 21. The molecule has 18 heteroatoms. The zero-order valence-corrected chi connectivity index (χ0v) is 33.3. The molecule has 0 amide bonds. The van der Waals surface area contributed by atoms with Gasteiger partial charge >= 0.3 is 39.1 Å². The first-order valence-electron chi connectivity index (χ1n) is 16.1. The number of alkyl halides is 8. The maximum absolute atomic E-state index is 12.5. The molecule has 7 nitrogen and oxygen atoms in total. The molecule has 2 rings (SSSR count). The molecule has 0 radical (unpaired) electrons. The summed E-state index contributed by atoms with van der Waals surface area (Å²) in [5.74, 6) is -23.3. The lowest BCUT2D eigenvalue weighted by Gasteiger charge is -2.33. The van der Waals surface area contributed by atoms with Gasteiger partial charge in [0.05, 0.1) is 13.2 Å². The molecule has 0 fully saturated rings. The van der Waals surface area contributed by atoms with Crippen molar-refractivity contribution in [3.05, 3.63) is 55.7 Å². The van der Waals surface area contributed by atoms with Gasteiger partial charge in [0, 0.05) is 7.14 Å². The molecule has 0 bridgehead atoms. The maximum Gasteiger partial charge on any atom is 0.438 e. The van der Waals surface area contributed by atoms with Crippen LogP contribution in [0.4, 0.5) is 35.1 Å². The second kappa shape index (κ2) is 23.9. The standard InChI is InChI=1S/2C14H21IO.C5H2F8O5S/c2*1-2-3-4-5-6-7-12-16-14-10-8-13(15)9-11-14;6-2(7,1(14)15)3(8,9)4(10,11)5(12,13)19(16,17)18/h2*8-11H,2-7,12H2,1H3;(H,14,15)(H,16,17,18). The Bertz CT molecular complexity index is 1310.